The summed E-state index contributed by atoms with van der Waals surface area (Å²) in [4.78, 5) is 0.755. The van der Waals surface area contributed by atoms with Crippen molar-refractivity contribution in [1.82, 2.24) is 0 Å². The van der Waals surface area contributed by atoms with Gasteiger partial charge in [0.15, 0.2) is 5.60 Å². The Bertz CT molecular complexity index is 2210. The fourth-order valence-corrected chi connectivity index (χ4v) is 11.6. The van der Waals surface area contributed by atoms with Gasteiger partial charge in [-0.2, -0.15) is 13.2 Å². The molecule has 1 fully saturated rings. The second kappa shape index (κ2) is 12.5. The number of rotatable bonds is 6. The van der Waals surface area contributed by atoms with Crippen LogP contribution in [0.4, 0.5) is 13.2 Å². The molecule has 8 heteroatoms. The van der Waals surface area contributed by atoms with E-state index < -0.39 is 11.1 Å². The highest BCUT2D eigenvalue weighted by molar-refractivity contribution is 8.02. The van der Waals surface area contributed by atoms with Crippen molar-refractivity contribution in [2.45, 2.75) is 73.3 Å². The molecule has 53 heavy (non-hydrogen) atoms. The zero-order valence-electron chi connectivity index (χ0n) is 31.0. The number of hydrogen-bond donors (Lipinski definition) is 0. The van der Waals surface area contributed by atoms with Crippen molar-refractivity contribution in [2.75, 3.05) is 20.5 Å². The molecule has 1 heterocycles. The van der Waals surface area contributed by atoms with Crippen LogP contribution in [0, 0.1) is 10.8 Å². The third-order valence-electron chi connectivity index (χ3n) is 11.3. The van der Waals surface area contributed by atoms with Gasteiger partial charge in [0.25, 0.3) is 0 Å². The summed E-state index contributed by atoms with van der Waals surface area (Å²) in [6, 6.07) is 28.0. The number of alkyl halides is 3. The zero-order valence-corrected chi connectivity index (χ0v) is 32.7. The van der Waals surface area contributed by atoms with Crippen LogP contribution >= 0.6 is 23.5 Å². The van der Waals surface area contributed by atoms with Crippen molar-refractivity contribution in [3.05, 3.63) is 119 Å². The molecule has 5 aromatic carbocycles. The molecule has 8 rings (SSSR count). The first-order valence-corrected chi connectivity index (χ1v) is 19.9. The maximum absolute atomic E-state index is 14.2. The maximum Gasteiger partial charge on any atom is 0.446 e. The number of methoxy groups -OCH3 is 2. The topological polar surface area (TPSA) is 27.7 Å². The summed E-state index contributed by atoms with van der Waals surface area (Å²) in [7, 11) is 3.27. The minimum Gasteiger partial charge on any atom is -0.497 e. The highest BCUT2D eigenvalue weighted by atomic mass is 32.2. The van der Waals surface area contributed by atoms with E-state index in [1.807, 2.05) is 60.9 Å². The SMILES string of the molecule is COc1ccc(C2(c3ccc(OC)cc3)C=Cc3c4c(c5cc(SC)c(SC(F)(F)F)cc5c3O2)-c2ccccc2C42CC(C)(C)CC(C)(C)C2)cc1. The van der Waals surface area contributed by atoms with E-state index in [9.17, 15) is 13.2 Å². The molecule has 0 aromatic heterocycles. The number of thioether (sulfide) groups is 2. The predicted octanol–water partition coefficient (Wildman–Crippen LogP) is 13.0. The summed E-state index contributed by atoms with van der Waals surface area (Å²) in [5.41, 5.74) is 1.62. The average Bonchev–Trinajstić information content (AvgIpc) is 3.37. The Labute approximate surface area is 318 Å². The Kier molecular flexibility index (Phi) is 8.50. The van der Waals surface area contributed by atoms with Crippen LogP contribution in [0.2, 0.25) is 0 Å². The van der Waals surface area contributed by atoms with Crippen molar-refractivity contribution in [3.63, 3.8) is 0 Å². The van der Waals surface area contributed by atoms with E-state index in [1.165, 1.54) is 22.9 Å². The lowest BCUT2D eigenvalue weighted by atomic mass is 9.52. The lowest BCUT2D eigenvalue weighted by Gasteiger charge is -2.52. The van der Waals surface area contributed by atoms with Crippen LogP contribution in [0.1, 0.15) is 74.8 Å². The quantitative estimate of drug-likeness (QED) is 0.161. The molecule has 1 spiro atoms. The monoisotopic (exact) mass is 752 g/mol. The average molecular weight is 753 g/mol. The smallest absolute Gasteiger partial charge is 0.446 e. The molecule has 0 atom stereocenters. The Morgan fingerprint density at radius 3 is 1.83 bits per heavy atom. The molecule has 1 saturated carbocycles. The van der Waals surface area contributed by atoms with Crippen LogP contribution in [0.3, 0.4) is 0 Å². The standard InChI is InChI=1S/C45H43F3O3S2/c1-41(2)24-42(3,4)26-43(25-41)35-11-9-8-10-31(35)38-33-22-36(52-7)37(53-45(46,47)48)23-34(33)40-32(39(38)43)20-21-44(51-40,27-12-16-29(49-5)17-13-27)28-14-18-30(50-6)19-15-28/h8-23H,24-26H2,1-7H3. The number of fused-ring (bicyclic) bond motifs is 10. The van der Waals surface area contributed by atoms with Crippen LogP contribution in [0.5, 0.6) is 17.2 Å². The number of ether oxygens (including phenoxy) is 3. The highest BCUT2D eigenvalue weighted by Crippen LogP contribution is 2.67. The molecule has 3 aliphatic rings. The van der Waals surface area contributed by atoms with Gasteiger partial charge in [-0.15, -0.1) is 11.8 Å². The molecule has 0 saturated heterocycles. The van der Waals surface area contributed by atoms with Gasteiger partial charge in [-0.1, -0.05) is 82.3 Å². The van der Waals surface area contributed by atoms with E-state index in [2.05, 4.69) is 64.1 Å². The molecule has 274 valence electrons. The molecule has 2 aliphatic carbocycles. The van der Waals surface area contributed by atoms with E-state index in [-0.39, 0.29) is 32.9 Å². The van der Waals surface area contributed by atoms with Gasteiger partial charge in [-0.05, 0) is 118 Å². The molecule has 0 radical (unpaired) electrons. The first-order valence-electron chi connectivity index (χ1n) is 17.9. The Morgan fingerprint density at radius 1 is 0.717 bits per heavy atom. The van der Waals surface area contributed by atoms with E-state index in [0.29, 0.717) is 27.5 Å². The van der Waals surface area contributed by atoms with E-state index in [4.69, 9.17) is 14.2 Å². The van der Waals surface area contributed by atoms with Crippen LogP contribution in [0.15, 0.2) is 101 Å². The molecular formula is C45H43F3O3S2. The van der Waals surface area contributed by atoms with Gasteiger partial charge >= 0.3 is 5.51 Å². The van der Waals surface area contributed by atoms with Crippen molar-refractivity contribution < 1.29 is 27.4 Å². The Morgan fingerprint density at radius 2 is 1.28 bits per heavy atom. The first-order chi connectivity index (χ1) is 25.1. The molecule has 0 amide bonds. The maximum atomic E-state index is 14.2. The van der Waals surface area contributed by atoms with Crippen LogP contribution in [-0.4, -0.2) is 26.0 Å². The molecule has 5 aromatic rings. The van der Waals surface area contributed by atoms with Crippen LogP contribution in [0.25, 0.3) is 28.0 Å². The number of benzene rings is 5. The lowest BCUT2D eigenvalue weighted by Crippen LogP contribution is -2.44. The van der Waals surface area contributed by atoms with E-state index >= 15 is 0 Å². The summed E-state index contributed by atoms with van der Waals surface area (Å²) in [6.07, 6.45) is 9.14. The summed E-state index contributed by atoms with van der Waals surface area (Å²) in [5, 5.41) is 1.58. The second-order valence-electron chi connectivity index (χ2n) is 16.2. The third kappa shape index (κ3) is 5.92. The van der Waals surface area contributed by atoms with Crippen molar-refractivity contribution in [1.29, 1.82) is 0 Å². The van der Waals surface area contributed by atoms with Crippen LogP contribution < -0.4 is 14.2 Å². The van der Waals surface area contributed by atoms with Crippen molar-refractivity contribution >= 4 is 40.4 Å². The minimum atomic E-state index is -4.46. The lowest BCUT2D eigenvalue weighted by molar-refractivity contribution is -0.0329. The summed E-state index contributed by atoms with van der Waals surface area (Å²) >= 11 is 1.28. The molecule has 0 bridgehead atoms. The largest absolute Gasteiger partial charge is 0.497 e. The van der Waals surface area contributed by atoms with Crippen molar-refractivity contribution in [2.24, 2.45) is 10.8 Å². The summed E-state index contributed by atoms with van der Waals surface area (Å²) in [5.74, 6) is 2.02. The molecule has 3 nitrogen and oxygen atoms in total. The molecular weight excluding hydrogens is 710 g/mol. The van der Waals surface area contributed by atoms with Gasteiger partial charge in [-0.3, -0.25) is 0 Å². The van der Waals surface area contributed by atoms with Crippen LogP contribution in [-0.2, 0) is 11.0 Å². The zero-order chi connectivity index (χ0) is 37.6. The number of hydrogen-bond acceptors (Lipinski definition) is 5. The Hall–Kier alpha value is -4.01. The van der Waals surface area contributed by atoms with Gasteiger partial charge in [0.2, 0.25) is 0 Å². The van der Waals surface area contributed by atoms with Crippen molar-refractivity contribution in [3.8, 4) is 28.4 Å². The van der Waals surface area contributed by atoms with Gasteiger partial charge in [0, 0.05) is 37.3 Å². The minimum absolute atomic E-state index is 0.0329. The summed E-state index contributed by atoms with van der Waals surface area (Å²) in [6.45, 7) is 9.50. The van der Waals surface area contributed by atoms with E-state index in [0.717, 1.165) is 52.5 Å². The fourth-order valence-electron chi connectivity index (χ4n) is 10.2. The first kappa shape index (κ1) is 36.0. The number of halogens is 3. The fraction of sp³-hybridized carbons (Fsp3) is 0.333. The Balaban J connectivity index is 1.50. The normalized spacial score (nSPS) is 18.6. The third-order valence-corrected chi connectivity index (χ3v) is 13.0. The van der Waals surface area contributed by atoms with Gasteiger partial charge in [-0.25, -0.2) is 0 Å². The van der Waals surface area contributed by atoms with Gasteiger partial charge in [0.05, 0.1) is 14.2 Å². The summed E-state index contributed by atoms with van der Waals surface area (Å²) < 4.78 is 61.1. The molecule has 1 aliphatic heterocycles. The molecule has 0 N–H and O–H groups in total. The van der Waals surface area contributed by atoms with E-state index in [1.54, 1.807) is 20.3 Å². The molecule has 0 unspecified atom stereocenters. The second-order valence-corrected chi connectivity index (χ2v) is 18.2. The van der Waals surface area contributed by atoms with Gasteiger partial charge < -0.3 is 14.2 Å². The highest BCUT2D eigenvalue weighted by Gasteiger charge is 2.55. The van der Waals surface area contributed by atoms with Gasteiger partial charge in [0.1, 0.15) is 17.2 Å². The predicted molar refractivity (Wildman–Crippen MR) is 212 cm³/mol.